The predicted molar refractivity (Wildman–Crippen MR) is 91.1 cm³/mol. The molecular formula is C21H26O2. The number of aryl methyl sites for hydroxylation is 1. The molecule has 3 aliphatic carbocycles. The van der Waals surface area contributed by atoms with Gasteiger partial charge < -0.3 is 10.2 Å². The minimum Gasteiger partial charge on any atom is -0.508 e. The van der Waals surface area contributed by atoms with Gasteiger partial charge in [0.05, 0.1) is 0 Å². The van der Waals surface area contributed by atoms with Crippen LogP contribution < -0.4 is 0 Å². The average Bonchev–Trinajstić information content (AvgIpc) is 2.78. The molecule has 2 N–H and O–H groups in total. The Morgan fingerprint density at radius 2 is 2.09 bits per heavy atom. The summed E-state index contributed by atoms with van der Waals surface area (Å²) in [5.41, 5.74) is 1.64. The second-order valence-corrected chi connectivity index (χ2v) is 8.36. The molecule has 2 fully saturated rings. The van der Waals surface area contributed by atoms with E-state index < -0.39 is 5.60 Å². The van der Waals surface area contributed by atoms with Crippen LogP contribution in [0.5, 0.6) is 5.75 Å². The lowest BCUT2D eigenvalue weighted by Gasteiger charge is -2.54. The van der Waals surface area contributed by atoms with Gasteiger partial charge in [0.15, 0.2) is 0 Å². The van der Waals surface area contributed by atoms with Crippen molar-refractivity contribution in [2.45, 2.75) is 57.5 Å². The molecule has 122 valence electrons. The Kier molecular flexibility index (Phi) is 3.13. The van der Waals surface area contributed by atoms with Crippen molar-refractivity contribution in [3.05, 3.63) is 29.3 Å². The normalized spacial score (nSPS) is 44.8. The highest BCUT2D eigenvalue weighted by atomic mass is 16.3. The van der Waals surface area contributed by atoms with Crippen molar-refractivity contribution < 1.29 is 10.2 Å². The minimum absolute atomic E-state index is 0.156. The van der Waals surface area contributed by atoms with Crippen molar-refractivity contribution in [3.63, 3.8) is 0 Å². The number of terminal acetylenes is 1. The van der Waals surface area contributed by atoms with Crippen LogP contribution in [0.3, 0.4) is 0 Å². The number of hydrogen-bond donors (Lipinski definition) is 2. The zero-order valence-corrected chi connectivity index (χ0v) is 14.0. The van der Waals surface area contributed by atoms with E-state index in [2.05, 4.69) is 25.8 Å². The van der Waals surface area contributed by atoms with E-state index in [0.29, 0.717) is 29.4 Å². The first kappa shape index (κ1) is 15.1. The first-order chi connectivity index (χ1) is 10.9. The van der Waals surface area contributed by atoms with Gasteiger partial charge in [-0.05, 0) is 79.0 Å². The fourth-order valence-electron chi connectivity index (χ4n) is 6.36. The maximum absolute atomic E-state index is 11.0. The number of aliphatic hydroxyl groups is 1. The number of fused-ring (bicyclic) bond motifs is 5. The number of benzene rings is 1. The topological polar surface area (TPSA) is 40.5 Å². The third-order valence-corrected chi connectivity index (χ3v) is 7.39. The van der Waals surface area contributed by atoms with Crippen molar-refractivity contribution >= 4 is 0 Å². The first-order valence-corrected chi connectivity index (χ1v) is 8.91. The van der Waals surface area contributed by atoms with Crippen LogP contribution >= 0.6 is 0 Å². The lowest BCUT2D eigenvalue weighted by molar-refractivity contribution is -0.0811. The van der Waals surface area contributed by atoms with E-state index in [0.717, 1.165) is 32.1 Å². The summed E-state index contributed by atoms with van der Waals surface area (Å²) >= 11 is 0. The van der Waals surface area contributed by atoms with Crippen molar-refractivity contribution in [1.29, 1.82) is 0 Å². The molecule has 0 heterocycles. The number of aromatic hydroxyl groups is 1. The van der Waals surface area contributed by atoms with E-state index in [-0.39, 0.29) is 5.41 Å². The summed E-state index contributed by atoms with van der Waals surface area (Å²) in [7, 11) is 0. The van der Waals surface area contributed by atoms with Crippen molar-refractivity contribution in [3.8, 4) is 18.1 Å². The first-order valence-electron chi connectivity index (χ1n) is 8.91. The van der Waals surface area contributed by atoms with E-state index in [1.807, 2.05) is 12.1 Å². The summed E-state index contributed by atoms with van der Waals surface area (Å²) in [4.78, 5) is 0. The maximum Gasteiger partial charge on any atom is 0.130 e. The molecule has 2 heteroatoms. The number of phenols is 1. The standard InChI is InChI=1S/C21H26O2/c1-4-21(23)10-9-18-17-7-5-14-11-15(22)6-8-16(14)19(17)13(2)12-20(18,21)3/h1,6,8,11,13,17-19,22-23H,5,7,9-10,12H2,2-3H3/t13-,17+,18+,19-,20+,21+/m1/s1. The molecule has 0 aromatic heterocycles. The molecule has 0 spiro atoms. The molecule has 1 aromatic rings. The van der Waals surface area contributed by atoms with Gasteiger partial charge in [-0.3, -0.25) is 0 Å². The summed E-state index contributed by atoms with van der Waals surface area (Å²) in [6.07, 6.45) is 10.7. The van der Waals surface area contributed by atoms with Crippen LogP contribution in [0.1, 0.15) is 56.6 Å². The van der Waals surface area contributed by atoms with Crippen LogP contribution in [0.15, 0.2) is 18.2 Å². The Morgan fingerprint density at radius 3 is 2.83 bits per heavy atom. The molecule has 6 atom stereocenters. The third kappa shape index (κ3) is 1.86. The highest BCUT2D eigenvalue weighted by Gasteiger charge is 2.62. The van der Waals surface area contributed by atoms with Gasteiger partial charge in [0.25, 0.3) is 0 Å². The summed E-state index contributed by atoms with van der Waals surface area (Å²) in [5.74, 6) is 5.27. The molecule has 0 aliphatic heterocycles. The Bertz CT molecular complexity index is 688. The monoisotopic (exact) mass is 310 g/mol. The molecule has 23 heavy (non-hydrogen) atoms. The molecule has 0 saturated heterocycles. The van der Waals surface area contributed by atoms with E-state index in [1.165, 1.54) is 11.1 Å². The third-order valence-electron chi connectivity index (χ3n) is 7.39. The van der Waals surface area contributed by atoms with Crippen LogP contribution in [0, 0.1) is 35.5 Å². The Labute approximate surface area is 138 Å². The average molecular weight is 310 g/mol. The Hall–Kier alpha value is -1.46. The SMILES string of the molecule is C#C[C@]1(O)CC[C@H]2[C@@H]3CCc4cc(O)ccc4[C@H]3[C@H](C)C[C@@]21C. The fourth-order valence-corrected chi connectivity index (χ4v) is 6.36. The zero-order valence-electron chi connectivity index (χ0n) is 14.0. The number of rotatable bonds is 0. The van der Waals surface area contributed by atoms with E-state index >= 15 is 0 Å². The van der Waals surface area contributed by atoms with Gasteiger partial charge in [0.1, 0.15) is 11.4 Å². The number of hydrogen-bond acceptors (Lipinski definition) is 2. The van der Waals surface area contributed by atoms with E-state index in [4.69, 9.17) is 6.42 Å². The predicted octanol–water partition coefficient (Wildman–Crippen LogP) is 3.86. The molecule has 1 aromatic carbocycles. The van der Waals surface area contributed by atoms with Gasteiger partial charge in [-0.1, -0.05) is 25.8 Å². The van der Waals surface area contributed by atoms with Crippen molar-refractivity contribution in [2.75, 3.05) is 0 Å². The van der Waals surface area contributed by atoms with Crippen molar-refractivity contribution in [1.82, 2.24) is 0 Å². The van der Waals surface area contributed by atoms with Crippen LogP contribution in [0.4, 0.5) is 0 Å². The van der Waals surface area contributed by atoms with Crippen LogP contribution in [-0.2, 0) is 6.42 Å². The lowest BCUT2D eigenvalue weighted by Crippen LogP contribution is -2.52. The largest absolute Gasteiger partial charge is 0.508 e. The molecule has 0 unspecified atom stereocenters. The summed E-state index contributed by atoms with van der Waals surface area (Å²) in [5, 5.41) is 20.8. The molecule has 2 saturated carbocycles. The molecular weight excluding hydrogens is 284 g/mol. The van der Waals surface area contributed by atoms with Gasteiger partial charge in [-0.25, -0.2) is 0 Å². The van der Waals surface area contributed by atoms with E-state index in [9.17, 15) is 10.2 Å². The molecule has 0 radical (unpaired) electrons. The number of phenolic OH excluding ortho intramolecular Hbond substituents is 1. The van der Waals surface area contributed by atoms with Gasteiger partial charge >= 0.3 is 0 Å². The van der Waals surface area contributed by atoms with Gasteiger partial charge in [0.2, 0.25) is 0 Å². The van der Waals surface area contributed by atoms with Gasteiger partial charge in [-0.2, -0.15) is 0 Å². The van der Waals surface area contributed by atoms with Crippen LogP contribution in [0.25, 0.3) is 0 Å². The second-order valence-electron chi connectivity index (χ2n) is 8.36. The molecule has 0 amide bonds. The van der Waals surface area contributed by atoms with E-state index in [1.54, 1.807) is 0 Å². The molecule has 2 nitrogen and oxygen atoms in total. The van der Waals surface area contributed by atoms with Gasteiger partial charge in [0, 0.05) is 5.41 Å². The Balaban J connectivity index is 1.77. The quantitative estimate of drug-likeness (QED) is 0.714. The molecule has 3 aliphatic rings. The van der Waals surface area contributed by atoms with Gasteiger partial charge in [-0.15, -0.1) is 6.42 Å². The lowest BCUT2D eigenvalue weighted by atomic mass is 9.50. The molecule has 4 rings (SSSR count). The smallest absolute Gasteiger partial charge is 0.130 e. The highest BCUT2D eigenvalue weighted by Crippen LogP contribution is 2.65. The minimum atomic E-state index is -0.938. The Morgan fingerprint density at radius 1 is 1.30 bits per heavy atom. The summed E-state index contributed by atoms with van der Waals surface area (Å²) in [6.45, 7) is 4.54. The van der Waals surface area contributed by atoms with Crippen LogP contribution in [0.2, 0.25) is 0 Å². The summed E-state index contributed by atoms with van der Waals surface area (Å²) < 4.78 is 0. The van der Waals surface area contributed by atoms with Crippen LogP contribution in [-0.4, -0.2) is 15.8 Å². The molecule has 0 bridgehead atoms. The summed E-state index contributed by atoms with van der Waals surface area (Å²) in [6, 6.07) is 5.90. The fraction of sp³-hybridized carbons (Fsp3) is 0.619. The second kappa shape index (κ2) is 4.77. The zero-order chi connectivity index (χ0) is 16.4. The highest BCUT2D eigenvalue weighted by molar-refractivity contribution is 5.41. The maximum atomic E-state index is 11.0. The van der Waals surface area contributed by atoms with Crippen molar-refractivity contribution in [2.24, 2.45) is 23.2 Å².